The lowest BCUT2D eigenvalue weighted by Crippen LogP contribution is -2.12. The van der Waals surface area contributed by atoms with Crippen LogP contribution in [0, 0.1) is 18.3 Å². The van der Waals surface area contributed by atoms with E-state index in [0.717, 1.165) is 34.2 Å². The summed E-state index contributed by atoms with van der Waals surface area (Å²) in [5.74, 6) is 0.609. The van der Waals surface area contributed by atoms with Crippen LogP contribution in [0.1, 0.15) is 33.9 Å². The molecule has 0 saturated heterocycles. The van der Waals surface area contributed by atoms with Crippen LogP contribution in [-0.4, -0.2) is 21.9 Å². The minimum absolute atomic E-state index is 0.0508. The molecule has 1 aliphatic rings. The van der Waals surface area contributed by atoms with Crippen molar-refractivity contribution in [3.8, 4) is 6.07 Å². The van der Waals surface area contributed by atoms with Crippen molar-refractivity contribution >= 4 is 45.3 Å². The fraction of sp³-hybridized carbons (Fsp3) is 0.429. The number of nitrogens with zero attached hydrogens (tertiary/aromatic N) is 3. The van der Waals surface area contributed by atoms with Gasteiger partial charge < -0.3 is 5.32 Å². The topological polar surface area (TPSA) is 78.7 Å². The molecule has 0 bridgehead atoms. The van der Waals surface area contributed by atoms with Crippen molar-refractivity contribution in [1.29, 1.82) is 5.26 Å². The van der Waals surface area contributed by atoms with Gasteiger partial charge in [-0.3, -0.25) is 4.79 Å². The zero-order valence-electron chi connectivity index (χ0n) is 12.0. The second-order valence-electron chi connectivity index (χ2n) is 4.91. The van der Waals surface area contributed by atoms with Crippen LogP contribution in [0.4, 0.5) is 5.00 Å². The number of amides is 1. The summed E-state index contributed by atoms with van der Waals surface area (Å²) in [6, 6.07) is 2.24. The Hall–Kier alpha value is -1.43. The van der Waals surface area contributed by atoms with Crippen LogP contribution in [0.25, 0.3) is 0 Å². The Morgan fingerprint density at radius 3 is 3.00 bits per heavy atom. The Balaban J connectivity index is 1.55. The molecule has 0 saturated carbocycles. The molecule has 3 rings (SSSR count). The fourth-order valence-electron chi connectivity index (χ4n) is 2.37. The zero-order chi connectivity index (χ0) is 15.5. The van der Waals surface area contributed by atoms with Crippen LogP contribution in [0.2, 0.25) is 0 Å². The highest BCUT2D eigenvalue weighted by Gasteiger charge is 2.22. The first-order chi connectivity index (χ1) is 10.7. The van der Waals surface area contributed by atoms with Gasteiger partial charge in [0.05, 0.1) is 5.56 Å². The smallest absolute Gasteiger partial charge is 0.225 e. The van der Waals surface area contributed by atoms with Gasteiger partial charge in [0.1, 0.15) is 16.1 Å². The van der Waals surface area contributed by atoms with Crippen molar-refractivity contribution in [1.82, 2.24) is 10.2 Å². The number of hydrogen-bond donors (Lipinski definition) is 1. The largest absolute Gasteiger partial charge is 0.317 e. The van der Waals surface area contributed by atoms with Gasteiger partial charge in [0.25, 0.3) is 0 Å². The maximum atomic E-state index is 12.0. The number of aryl methyl sites for hydroxylation is 2. The summed E-state index contributed by atoms with van der Waals surface area (Å²) in [6.07, 6.45) is 3.49. The summed E-state index contributed by atoms with van der Waals surface area (Å²) in [4.78, 5) is 13.3. The van der Waals surface area contributed by atoms with E-state index < -0.39 is 0 Å². The minimum atomic E-state index is -0.0508. The number of carbonyl (C=O) groups is 1. The summed E-state index contributed by atoms with van der Waals surface area (Å²) in [5, 5.41) is 21.8. The van der Waals surface area contributed by atoms with Crippen LogP contribution in [-0.2, 0) is 17.6 Å². The molecule has 0 radical (unpaired) electrons. The van der Waals surface area contributed by atoms with Crippen molar-refractivity contribution < 1.29 is 4.79 Å². The van der Waals surface area contributed by atoms with Crippen LogP contribution < -0.4 is 5.32 Å². The molecule has 22 heavy (non-hydrogen) atoms. The number of nitrogens with one attached hydrogen (secondary N) is 1. The second kappa shape index (κ2) is 6.77. The lowest BCUT2D eigenvalue weighted by molar-refractivity contribution is -0.115. The average Bonchev–Trinajstić information content (AvgIpc) is 3.15. The predicted molar refractivity (Wildman–Crippen MR) is 89.7 cm³/mol. The number of fused-ring (bicyclic) bond motifs is 1. The van der Waals surface area contributed by atoms with Crippen molar-refractivity contribution in [3.05, 3.63) is 21.0 Å². The lowest BCUT2D eigenvalue weighted by atomic mass is 10.1. The number of thiophene rings is 1. The number of thioether (sulfide) groups is 1. The first kappa shape index (κ1) is 15.5. The van der Waals surface area contributed by atoms with Gasteiger partial charge in [-0.25, -0.2) is 0 Å². The number of rotatable bonds is 5. The van der Waals surface area contributed by atoms with Crippen molar-refractivity contribution in [2.75, 3.05) is 11.1 Å². The molecule has 1 N–H and O–H groups in total. The van der Waals surface area contributed by atoms with E-state index in [2.05, 4.69) is 21.6 Å². The Kier molecular flexibility index (Phi) is 4.76. The molecule has 0 spiro atoms. The Morgan fingerprint density at radius 2 is 2.27 bits per heavy atom. The molecule has 114 valence electrons. The van der Waals surface area contributed by atoms with Crippen molar-refractivity contribution in [2.24, 2.45) is 0 Å². The quantitative estimate of drug-likeness (QED) is 0.836. The van der Waals surface area contributed by atoms with Gasteiger partial charge in [-0.05, 0) is 31.7 Å². The third-order valence-electron chi connectivity index (χ3n) is 3.35. The SMILES string of the molecule is Cc1nnc(SCCC(=O)Nc2sc3c(c2C#N)CCC3)s1. The second-order valence-corrected chi connectivity index (χ2v) is 8.54. The number of hydrogen-bond acceptors (Lipinski definition) is 7. The van der Waals surface area contributed by atoms with Crippen LogP contribution in [0.5, 0.6) is 0 Å². The molecule has 2 heterocycles. The molecule has 2 aromatic rings. The van der Waals surface area contributed by atoms with Crippen LogP contribution in [0.3, 0.4) is 0 Å². The van der Waals surface area contributed by atoms with E-state index in [-0.39, 0.29) is 5.91 Å². The number of carbonyl (C=O) groups excluding carboxylic acids is 1. The highest BCUT2D eigenvalue weighted by Crippen LogP contribution is 2.38. The first-order valence-electron chi connectivity index (χ1n) is 6.94. The Labute approximate surface area is 140 Å². The van der Waals surface area contributed by atoms with Gasteiger partial charge in [-0.1, -0.05) is 23.1 Å². The molecule has 0 atom stereocenters. The van der Waals surface area contributed by atoms with E-state index in [9.17, 15) is 10.1 Å². The van der Waals surface area contributed by atoms with Crippen LogP contribution in [0.15, 0.2) is 4.34 Å². The van der Waals surface area contributed by atoms with Gasteiger partial charge >= 0.3 is 0 Å². The fourth-order valence-corrected chi connectivity index (χ4v) is 5.45. The summed E-state index contributed by atoms with van der Waals surface area (Å²) in [7, 11) is 0. The van der Waals surface area contributed by atoms with Gasteiger partial charge in [-0.15, -0.1) is 21.5 Å². The third-order valence-corrected chi connectivity index (χ3v) is 6.53. The van der Waals surface area contributed by atoms with Gasteiger partial charge in [0.2, 0.25) is 5.91 Å². The van der Waals surface area contributed by atoms with E-state index in [4.69, 9.17) is 0 Å². The average molecular weight is 350 g/mol. The molecular formula is C14H14N4OS3. The van der Waals surface area contributed by atoms with Crippen LogP contribution >= 0.6 is 34.4 Å². The third kappa shape index (κ3) is 3.32. The van der Waals surface area contributed by atoms with Crippen molar-refractivity contribution in [3.63, 3.8) is 0 Å². The standard InChI is InChI=1S/C14H14N4OS3/c1-8-17-18-14(21-8)20-6-5-12(19)16-13-10(7-15)9-3-2-4-11(9)22-13/h2-6H2,1H3,(H,16,19). The highest BCUT2D eigenvalue weighted by atomic mass is 32.2. The molecule has 1 amide bonds. The van der Waals surface area contributed by atoms with E-state index in [0.29, 0.717) is 22.7 Å². The molecule has 0 aliphatic heterocycles. The molecule has 2 aromatic heterocycles. The molecule has 0 unspecified atom stereocenters. The number of nitriles is 1. The van der Waals surface area contributed by atoms with Gasteiger partial charge in [0.15, 0.2) is 4.34 Å². The van der Waals surface area contributed by atoms with Gasteiger partial charge in [-0.2, -0.15) is 5.26 Å². The number of aromatic nitrogens is 2. The lowest BCUT2D eigenvalue weighted by Gasteiger charge is -2.03. The summed E-state index contributed by atoms with van der Waals surface area (Å²) >= 11 is 4.62. The first-order valence-corrected chi connectivity index (χ1v) is 9.56. The zero-order valence-corrected chi connectivity index (χ0v) is 14.5. The molecule has 5 nitrogen and oxygen atoms in total. The maximum Gasteiger partial charge on any atom is 0.225 e. The highest BCUT2D eigenvalue weighted by molar-refractivity contribution is 8.01. The number of anilines is 1. The van der Waals surface area contributed by atoms with E-state index in [1.807, 2.05) is 6.92 Å². The summed E-state index contributed by atoms with van der Waals surface area (Å²) < 4.78 is 0.887. The molecule has 1 aliphatic carbocycles. The summed E-state index contributed by atoms with van der Waals surface area (Å²) in [5.41, 5.74) is 1.81. The van der Waals surface area contributed by atoms with Crippen molar-refractivity contribution in [2.45, 2.75) is 36.9 Å². The van der Waals surface area contributed by atoms with E-state index in [1.54, 1.807) is 11.3 Å². The molecule has 0 aromatic carbocycles. The maximum absolute atomic E-state index is 12.0. The van der Waals surface area contributed by atoms with E-state index >= 15 is 0 Å². The summed E-state index contributed by atoms with van der Waals surface area (Å²) in [6.45, 7) is 1.91. The predicted octanol–water partition coefficient (Wildman–Crippen LogP) is 3.39. The van der Waals surface area contributed by atoms with Gasteiger partial charge in [0, 0.05) is 17.1 Å². The van der Waals surface area contributed by atoms with E-state index in [1.165, 1.54) is 28.0 Å². The monoisotopic (exact) mass is 350 g/mol. The molecule has 0 fully saturated rings. The Bertz CT molecular complexity index is 744. The molecular weight excluding hydrogens is 336 g/mol. The minimum Gasteiger partial charge on any atom is -0.317 e. The normalized spacial score (nSPS) is 12.9. The molecule has 8 heteroatoms. The Morgan fingerprint density at radius 1 is 1.41 bits per heavy atom.